The Kier molecular flexibility index (Phi) is 1.52. The van der Waals surface area contributed by atoms with Gasteiger partial charge in [-0.2, -0.15) is 0 Å². The number of rotatable bonds is 2. The van der Waals surface area contributed by atoms with Crippen LogP contribution in [0.2, 0.25) is 0 Å². The van der Waals surface area contributed by atoms with Gasteiger partial charge in [0.05, 0.1) is 0 Å². The van der Waals surface area contributed by atoms with Crippen LogP contribution in [0.3, 0.4) is 0 Å². The second-order valence-corrected chi connectivity index (χ2v) is 5.44. The summed E-state index contributed by atoms with van der Waals surface area (Å²) < 4.78 is 5.19. The van der Waals surface area contributed by atoms with Gasteiger partial charge >= 0.3 is 0 Å². The highest BCUT2D eigenvalue weighted by Crippen LogP contribution is 2.54. The summed E-state index contributed by atoms with van der Waals surface area (Å²) in [5.41, 5.74) is 0. The quantitative estimate of drug-likeness (QED) is 0.442. The second kappa shape index (κ2) is 2.17. The molecule has 2 rings (SSSR count). The molecule has 0 aromatic carbocycles. The van der Waals surface area contributed by atoms with Crippen LogP contribution in [0.1, 0.15) is 13.8 Å². The van der Waals surface area contributed by atoms with Crippen LogP contribution in [0, 0.1) is 0 Å². The van der Waals surface area contributed by atoms with Gasteiger partial charge in [0, 0.05) is 33.4 Å². The molecule has 0 spiro atoms. The molecular formula is C7H15N2P. The third-order valence-electron chi connectivity index (χ3n) is 2.40. The van der Waals surface area contributed by atoms with Gasteiger partial charge in [-0.15, -0.1) is 0 Å². The maximum absolute atomic E-state index is 2.60. The third kappa shape index (κ3) is 1.09. The first-order valence-electron chi connectivity index (χ1n) is 3.97. The van der Waals surface area contributed by atoms with Crippen molar-refractivity contribution < 1.29 is 0 Å². The van der Waals surface area contributed by atoms with E-state index in [-0.39, 0.29) is 8.22 Å². The van der Waals surface area contributed by atoms with E-state index in [1.54, 1.807) is 0 Å². The standard InChI is InChI=1S/C7H15N2P/c1-6-4-8(6)10(3)9-5-7(9)2/h6-7H,4-5H2,1-3H3. The van der Waals surface area contributed by atoms with Gasteiger partial charge in [0.2, 0.25) is 0 Å². The predicted molar refractivity (Wildman–Crippen MR) is 45.2 cm³/mol. The van der Waals surface area contributed by atoms with E-state index in [9.17, 15) is 0 Å². The molecule has 58 valence electrons. The van der Waals surface area contributed by atoms with Gasteiger partial charge in [0.15, 0.2) is 0 Å². The van der Waals surface area contributed by atoms with Crippen molar-refractivity contribution in [3.8, 4) is 0 Å². The van der Waals surface area contributed by atoms with E-state index >= 15 is 0 Å². The van der Waals surface area contributed by atoms with E-state index in [0.717, 1.165) is 12.1 Å². The monoisotopic (exact) mass is 158 g/mol. The maximum atomic E-state index is 2.60. The van der Waals surface area contributed by atoms with Gasteiger partial charge in [0.1, 0.15) is 0 Å². The number of hydrogen-bond acceptors (Lipinski definition) is 2. The normalized spacial score (nSPS) is 54.3. The molecule has 2 saturated heterocycles. The second-order valence-electron chi connectivity index (χ2n) is 3.43. The summed E-state index contributed by atoms with van der Waals surface area (Å²) in [5.74, 6) is 0. The molecule has 4 atom stereocenters. The molecule has 10 heavy (non-hydrogen) atoms. The van der Waals surface area contributed by atoms with Crippen molar-refractivity contribution >= 4 is 8.22 Å². The van der Waals surface area contributed by atoms with Gasteiger partial charge in [-0.05, 0) is 20.5 Å². The fourth-order valence-electron chi connectivity index (χ4n) is 1.40. The minimum atomic E-state index is 0.112. The highest BCUT2D eigenvalue weighted by Gasteiger charge is 2.43. The summed E-state index contributed by atoms with van der Waals surface area (Å²) in [6, 6.07) is 1.76. The minimum absolute atomic E-state index is 0.112. The Morgan fingerprint density at radius 3 is 1.60 bits per heavy atom. The van der Waals surface area contributed by atoms with Gasteiger partial charge in [0.25, 0.3) is 0 Å². The first-order valence-corrected chi connectivity index (χ1v) is 5.66. The average molecular weight is 158 g/mol. The summed E-state index contributed by atoms with van der Waals surface area (Å²) in [4.78, 5) is 0. The van der Waals surface area contributed by atoms with E-state index in [1.807, 2.05) is 0 Å². The van der Waals surface area contributed by atoms with Gasteiger partial charge in [-0.1, -0.05) is 0 Å². The molecular weight excluding hydrogens is 143 g/mol. The van der Waals surface area contributed by atoms with E-state index < -0.39 is 0 Å². The van der Waals surface area contributed by atoms with Crippen LogP contribution >= 0.6 is 8.22 Å². The summed E-state index contributed by atoms with van der Waals surface area (Å²) in [6.07, 6.45) is 0. The van der Waals surface area contributed by atoms with Crippen LogP contribution in [0.25, 0.3) is 0 Å². The van der Waals surface area contributed by atoms with Crippen molar-refractivity contribution in [1.82, 2.24) is 9.34 Å². The zero-order chi connectivity index (χ0) is 7.30. The fraction of sp³-hybridized carbons (Fsp3) is 1.00. The molecule has 2 nitrogen and oxygen atoms in total. The summed E-state index contributed by atoms with van der Waals surface area (Å²) in [6.45, 7) is 9.68. The lowest BCUT2D eigenvalue weighted by Gasteiger charge is -2.14. The molecule has 0 N–H and O–H groups in total. The number of nitrogens with zero attached hydrogens (tertiary/aromatic N) is 2. The van der Waals surface area contributed by atoms with Gasteiger partial charge in [-0.3, -0.25) is 9.34 Å². The number of hydrogen-bond donors (Lipinski definition) is 0. The lowest BCUT2D eigenvalue weighted by atomic mass is 10.6. The summed E-state index contributed by atoms with van der Waals surface area (Å²) in [7, 11) is 0.112. The van der Waals surface area contributed by atoms with Gasteiger partial charge in [-0.25, -0.2) is 0 Å². The first-order chi connectivity index (χ1) is 4.70. The SMILES string of the molecule is CC1CN1P(C)N1CC1C. The molecule has 4 unspecified atom stereocenters. The smallest absolute Gasteiger partial charge is 0.0368 e. The Bertz CT molecular complexity index is 135. The Morgan fingerprint density at radius 1 is 1.10 bits per heavy atom. The predicted octanol–water partition coefficient (Wildman–Crippen LogP) is 1.34. The molecule has 2 aliphatic rings. The van der Waals surface area contributed by atoms with Crippen LogP contribution < -0.4 is 0 Å². The molecule has 0 amide bonds. The van der Waals surface area contributed by atoms with Crippen LogP contribution in [0.4, 0.5) is 0 Å². The van der Waals surface area contributed by atoms with Crippen molar-refractivity contribution in [2.24, 2.45) is 0 Å². The highest BCUT2D eigenvalue weighted by molar-refractivity contribution is 7.52. The first kappa shape index (κ1) is 7.02. The Labute approximate surface area is 64.0 Å². The zero-order valence-corrected chi connectivity index (χ0v) is 7.80. The molecule has 0 aromatic heterocycles. The van der Waals surface area contributed by atoms with Crippen molar-refractivity contribution in [2.75, 3.05) is 19.8 Å². The molecule has 0 bridgehead atoms. The minimum Gasteiger partial charge on any atom is -0.264 e. The lowest BCUT2D eigenvalue weighted by Crippen LogP contribution is -2.00. The van der Waals surface area contributed by atoms with E-state index in [1.165, 1.54) is 13.1 Å². The van der Waals surface area contributed by atoms with Crippen molar-refractivity contribution in [1.29, 1.82) is 0 Å². The van der Waals surface area contributed by atoms with E-state index in [0.29, 0.717) is 0 Å². The van der Waals surface area contributed by atoms with Crippen LogP contribution in [-0.2, 0) is 0 Å². The molecule has 2 fully saturated rings. The summed E-state index contributed by atoms with van der Waals surface area (Å²) in [5, 5.41) is 0. The van der Waals surface area contributed by atoms with Crippen LogP contribution in [0.15, 0.2) is 0 Å². The van der Waals surface area contributed by atoms with E-state index in [2.05, 4.69) is 29.9 Å². The fourth-order valence-corrected chi connectivity index (χ4v) is 3.78. The Balaban J connectivity index is 1.83. The van der Waals surface area contributed by atoms with Crippen molar-refractivity contribution in [3.63, 3.8) is 0 Å². The zero-order valence-electron chi connectivity index (χ0n) is 6.91. The maximum Gasteiger partial charge on any atom is 0.0368 e. The topological polar surface area (TPSA) is 6.02 Å². The summed E-state index contributed by atoms with van der Waals surface area (Å²) >= 11 is 0. The average Bonchev–Trinajstić information content (AvgIpc) is 2.70. The third-order valence-corrected chi connectivity index (χ3v) is 5.00. The van der Waals surface area contributed by atoms with Crippen LogP contribution in [0.5, 0.6) is 0 Å². The molecule has 0 aliphatic carbocycles. The molecule has 2 aliphatic heterocycles. The molecule has 0 saturated carbocycles. The largest absolute Gasteiger partial charge is 0.264 e. The molecule has 0 aromatic rings. The Morgan fingerprint density at radius 2 is 1.40 bits per heavy atom. The Hall–Kier alpha value is 0.350. The van der Waals surface area contributed by atoms with Crippen molar-refractivity contribution in [2.45, 2.75) is 25.9 Å². The lowest BCUT2D eigenvalue weighted by molar-refractivity contribution is 0.726. The van der Waals surface area contributed by atoms with Crippen molar-refractivity contribution in [3.05, 3.63) is 0 Å². The molecule has 0 radical (unpaired) electrons. The van der Waals surface area contributed by atoms with E-state index in [4.69, 9.17) is 0 Å². The highest BCUT2D eigenvalue weighted by atomic mass is 31.1. The molecule has 3 heteroatoms. The molecule has 2 heterocycles. The van der Waals surface area contributed by atoms with Gasteiger partial charge < -0.3 is 0 Å². The van der Waals surface area contributed by atoms with Crippen LogP contribution in [-0.4, -0.2) is 41.2 Å².